The lowest BCUT2D eigenvalue weighted by molar-refractivity contribution is 0.0559. The maximum absolute atomic E-state index is 13.1. The maximum atomic E-state index is 13.1. The summed E-state index contributed by atoms with van der Waals surface area (Å²) >= 11 is 0. The second-order valence-corrected chi connectivity index (χ2v) is 4.88. The van der Waals surface area contributed by atoms with Gasteiger partial charge in [-0.05, 0) is 49.4 Å². The molecule has 1 aromatic carbocycles. The number of hydrogen-bond donors (Lipinski definition) is 2. The number of amides is 2. The number of nitrogens with one attached hydrogen (secondary N) is 2. The van der Waals surface area contributed by atoms with E-state index in [-0.39, 0.29) is 11.8 Å². The number of anilines is 1. The molecule has 1 aromatic rings. The largest absolute Gasteiger partial charge is 0.381 e. The van der Waals surface area contributed by atoms with Crippen molar-refractivity contribution in [3.63, 3.8) is 0 Å². The van der Waals surface area contributed by atoms with Crippen molar-refractivity contribution in [1.29, 1.82) is 0 Å². The van der Waals surface area contributed by atoms with Crippen molar-refractivity contribution in [3.05, 3.63) is 29.6 Å². The van der Waals surface area contributed by atoms with E-state index >= 15 is 0 Å². The van der Waals surface area contributed by atoms with Crippen LogP contribution in [0.3, 0.4) is 0 Å². The summed E-state index contributed by atoms with van der Waals surface area (Å²) in [5.41, 5.74) is 1.11. The van der Waals surface area contributed by atoms with Crippen molar-refractivity contribution in [2.45, 2.75) is 19.8 Å². The second-order valence-electron chi connectivity index (χ2n) is 4.88. The number of rotatable bonds is 3. The van der Waals surface area contributed by atoms with Crippen molar-refractivity contribution in [3.8, 4) is 0 Å². The Morgan fingerprint density at radius 1 is 1.53 bits per heavy atom. The molecule has 0 saturated carbocycles. The molecule has 2 rings (SSSR count). The summed E-state index contributed by atoms with van der Waals surface area (Å²) in [6.07, 6.45) is 2.13. The standard InChI is InChI=1S/C14H19FN2O2/c1-10-7-12(4-5-13(10)15)17-14(18)16-8-11-3-2-6-19-9-11/h4-5,7,11H,2-3,6,8-9H2,1H3,(H2,16,17,18). The highest BCUT2D eigenvalue weighted by atomic mass is 19.1. The molecule has 0 radical (unpaired) electrons. The second kappa shape index (κ2) is 6.52. The van der Waals surface area contributed by atoms with Crippen LogP contribution in [-0.4, -0.2) is 25.8 Å². The average molecular weight is 266 g/mol. The van der Waals surface area contributed by atoms with Gasteiger partial charge >= 0.3 is 6.03 Å². The monoisotopic (exact) mass is 266 g/mol. The average Bonchev–Trinajstić information content (AvgIpc) is 2.42. The third-order valence-electron chi connectivity index (χ3n) is 3.22. The lowest BCUT2D eigenvalue weighted by Crippen LogP contribution is -2.35. The summed E-state index contributed by atoms with van der Waals surface area (Å²) in [6, 6.07) is 4.24. The van der Waals surface area contributed by atoms with E-state index in [1.807, 2.05) is 0 Å². The highest BCUT2D eigenvalue weighted by Gasteiger charge is 2.14. The first-order valence-corrected chi connectivity index (χ1v) is 6.54. The van der Waals surface area contributed by atoms with Gasteiger partial charge in [0.2, 0.25) is 0 Å². The fourth-order valence-electron chi connectivity index (χ4n) is 2.10. The van der Waals surface area contributed by atoms with Crippen LogP contribution >= 0.6 is 0 Å². The molecule has 0 aromatic heterocycles. The predicted molar refractivity (Wildman–Crippen MR) is 71.7 cm³/mol. The molecule has 1 aliphatic heterocycles. The van der Waals surface area contributed by atoms with Gasteiger partial charge < -0.3 is 15.4 Å². The number of carbonyl (C=O) groups is 1. The highest BCUT2D eigenvalue weighted by molar-refractivity contribution is 5.89. The molecule has 1 heterocycles. The fourth-order valence-corrected chi connectivity index (χ4v) is 2.10. The zero-order valence-electron chi connectivity index (χ0n) is 11.0. The minimum atomic E-state index is -0.273. The fraction of sp³-hybridized carbons (Fsp3) is 0.500. The zero-order valence-corrected chi connectivity index (χ0v) is 11.0. The third kappa shape index (κ3) is 4.21. The van der Waals surface area contributed by atoms with Crippen LogP contribution in [0.25, 0.3) is 0 Å². The number of ether oxygens (including phenoxy) is 1. The Labute approximate surface area is 112 Å². The first kappa shape index (κ1) is 13.8. The van der Waals surface area contributed by atoms with Gasteiger partial charge in [0.05, 0.1) is 6.61 Å². The number of halogens is 1. The summed E-state index contributed by atoms with van der Waals surface area (Å²) in [4.78, 5) is 11.7. The van der Waals surface area contributed by atoms with Crippen molar-refractivity contribution in [2.75, 3.05) is 25.1 Å². The van der Waals surface area contributed by atoms with Gasteiger partial charge in [-0.3, -0.25) is 0 Å². The number of carbonyl (C=O) groups excluding carboxylic acids is 1. The van der Waals surface area contributed by atoms with E-state index in [9.17, 15) is 9.18 Å². The van der Waals surface area contributed by atoms with Crippen LogP contribution < -0.4 is 10.6 Å². The molecule has 104 valence electrons. The number of hydrogen-bond acceptors (Lipinski definition) is 2. The Morgan fingerprint density at radius 3 is 3.05 bits per heavy atom. The molecule has 0 aliphatic carbocycles. The van der Waals surface area contributed by atoms with Gasteiger partial charge in [0.15, 0.2) is 0 Å². The molecule has 0 spiro atoms. The van der Waals surface area contributed by atoms with E-state index in [0.717, 1.165) is 19.4 Å². The summed E-state index contributed by atoms with van der Waals surface area (Å²) < 4.78 is 18.4. The van der Waals surface area contributed by atoms with Crippen LogP contribution in [0.15, 0.2) is 18.2 Å². The molecule has 1 atom stereocenters. The maximum Gasteiger partial charge on any atom is 0.319 e. The van der Waals surface area contributed by atoms with Crippen molar-refractivity contribution in [1.82, 2.24) is 5.32 Å². The lowest BCUT2D eigenvalue weighted by atomic mass is 10.0. The molecule has 4 nitrogen and oxygen atoms in total. The van der Waals surface area contributed by atoms with Gasteiger partial charge in [-0.1, -0.05) is 0 Å². The van der Waals surface area contributed by atoms with Crippen LogP contribution in [0, 0.1) is 18.7 Å². The van der Waals surface area contributed by atoms with Crippen LogP contribution in [0.5, 0.6) is 0 Å². The highest BCUT2D eigenvalue weighted by Crippen LogP contribution is 2.14. The van der Waals surface area contributed by atoms with Crippen molar-refractivity contribution < 1.29 is 13.9 Å². The minimum absolute atomic E-state index is 0.267. The summed E-state index contributed by atoms with van der Waals surface area (Å²) in [5.74, 6) is 0.111. The molecule has 1 unspecified atom stereocenters. The molecule has 19 heavy (non-hydrogen) atoms. The Kier molecular flexibility index (Phi) is 4.74. The first-order chi connectivity index (χ1) is 9.15. The molecule has 0 bridgehead atoms. The molecule has 5 heteroatoms. The van der Waals surface area contributed by atoms with Gasteiger partial charge in [-0.25, -0.2) is 9.18 Å². The molecule has 1 fully saturated rings. The van der Waals surface area contributed by atoms with Crippen molar-refractivity contribution in [2.24, 2.45) is 5.92 Å². The van der Waals surface area contributed by atoms with Gasteiger partial charge in [-0.2, -0.15) is 0 Å². The number of aryl methyl sites for hydroxylation is 1. The summed E-state index contributed by atoms with van der Waals surface area (Å²) in [6.45, 7) is 3.79. The van der Waals surface area contributed by atoms with E-state index in [2.05, 4.69) is 10.6 Å². The van der Waals surface area contributed by atoms with Gasteiger partial charge in [0.1, 0.15) is 5.82 Å². The Hall–Kier alpha value is -1.62. The van der Waals surface area contributed by atoms with Crippen LogP contribution in [-0.2, 0) is 4.74 Å². The van der Waals surface area contributed by atoms with Gasteiger partial charge in [0, 0.05) is 18.8 Å². The zero-order chi connectivity index (χ0) is 13.7. The predicted octanol–water partition coefficient (Wildman–Crippen LogP) is 2.68. The normalized spacial score (nSPS) is 18.9. The first-order valence-electron chi connectivity index (χ1n) is 6.54. The minimum Gasteiger partial charge on any atom is -0.381 e. The smallest absolute Gasteiger partial charge is 0.319 e. The van der Waals surface area contributed by atoms with Crippen molar-refractivity contribution >= 4 is 11.7 Å². The molecule has 1 saturated heterocycles. The van der Waals surface area contributed by atoms with E-state index < -0.39 is 0 Å². The van der Waals surface area contributed by atoms with E-state index in [1.54, 1.807) is 19.1 Å². The Morgan fingerprint density at radius 2 is 2.37 bits per heavy atom. The van der Waals surface area contributed by atoms with Gasteiger partial charge in [-0.15, -0.1) is 0 Å². The van der Waals surface area contributed by atoms with E-state index in [0.29, 0.717) is 30.3 Å². The number of urea groups is 1. The van der Waals surface area contributed by atoms with Crippen LogP contribution in [0.4, 0.5) is 14.9 Å². The molecule has 2 N–H and O–H groups in total. The molecule has 1 aliphatic rings. The topological polar surface area (TPSA) is 50.4 Å². The summed E-state index contributed by atoms with van der Waals surface area (Å²) in [5, 5.41) is 5.50. The quantitative estimate of drug-likeness (QED) is 0.883. The SMILES string of the molecule is Cc1cc(NC(=O)NCC2CCCOC2)ccc1F. The van der Waals surface area contributed by atoms with Gasteiger partial charge in [0.25, 0.3) is 0 Å². The van der Waals surface area contributed by atoms with Crippen LogP contribution in [0.2, 0.25) is 0 Å². The lowest BCUT2D eigenvalue weighted by Gasteiger charge is -2.22. The van der Waals surface area contributed by atoms with E-state index in [1.165, 1.54) is 6.07 Å². The third-order valence-corrected chi connectivity index (χ3v) is 3.22. The Balaban J connectivity index is 1.78. The number of benzene rings is 1. The Bertz CT molecular complexity index is 445. The summed E-state index contributed by atoms with van der Waals surface area (Å²) in [7, 11) is 0. The molecule has 2 amide bonds. The molecular weight excluding hydrogens is 247 g/mol. The van der Waals surface area contributed by atoms with Crippen LogP contribution in [0.1, 0.15) is 18.4 Å². The molecular formula is C14H19FN2O2. The van der Waals surface area contributed by atoms with E-state index in [4.69, 9.17) is 4.74 Å².